The summed E-state index contributed by atoms with van der Waals surface area (Å²) in [6.07, 6.45) is 6.58. The molecule has 0 bridgehead atoms. The van der Waals surface area contributed by atoms with Gasteiger partial charge in [-0.2, -0.15) is 0 Å². The number of rotatable bonds is 2. The van der Waals surface area contributed by atoms with Crippen molar-refractivity contribution in [2.45, 2.75) is 58.0 Å². The van der Waals surface area contributed by atoms with E-state index >= 15 is 0 Å². The number of nitrogens with one attached hydrogen (secondary N) is 2. The van der Waals surface area contributed by atoms with Crippen LogP contribution < -0.4 is 10.6 Å². The van der Waals surface area contributed by atoms with Crippen molar-refractivity contribution < 1.29 is 0 Å². The van der Waals surface area contributed by atoms with Gasteiger partial charge in [0.1, 0.15) is 0 Å². The lowest BCUT2D eigenvalue weighted by molar-refractivity contribution is 0.224. The van der Waals surface area contributed by atoms with Crippen molar-refractivity contribution in [1.29, 1.82) is 0 Å². The van der Waals surface area contributed by atoms with Crippen molar-refractivity contribution in [3.05, 3.63) is 0 Å². The maximum absolute atomic E-state index is 5.32. The lowest BCUT2D eigenvalue weighted by Crippen LogP contribution is -2.48. The molecular weight excluding hydrogens is 204 g/mol. The highest BCUT2D eigenvalue weighted by atomic mass is 32.1. The zero-order valence-electron chi connectivity index (χ0n) is 9.75. The average molecular weight is 226 g/mol. The third kappa shape index (κ3) is 3.07. The van der Waals surface area contributed by atoms with Gasteiger partial charge in [0, 0.05) is 12.1 Å². The van der Waals surface area contributed by atoms with Crippen LogP contribution in [0.2, 0.25) is 0 Å². The monoisotopic (exact) mass is 226 g/mol. The van der Waals surface area contributed by atoms with Crippen molar-refractivity contribution in [2.75, 3.05) is 0 Å². The first-order valence-electron chi connectivity index (χ1n) is 6.24. The Kier molecular flexibility index (Phi) is 3.49. The summed E-state index contributed by atoms with van der Waals surface area (Å²) in [5, 5.41) is 7.73. The molecule has 0 spiro atoms. The number of thiocarbonyl (C=S) groups is 1. The maximum atomic E-state index is 5.32. The Morgan fingerprint density at radius 3 is 2.47 bits per heavy atom. The molecule has 2 fully saturated rings. The van der Waals surface area contributed by atoms with Gasteiger partial charge < -0.3 is 10.6 Å². The summed E-state index contributed by atoms with van der Waals surface area (Å²) in [4.78, 5) is 0. The van der Waals surface area contributed by atoms with Crippen LogP contribution in [0.25, 0.3) is 0 Å². The SMILES string of the molecule is CC1CCCC(NC(=S)NC2CC2)C1C. The molecule has 0 aromatic rings. The van der Waals surface area contributed by atoms with Gasteiger partial charge in [0.05, 0.1) is 0 Å². The Balaban J connectivity index is 1.78. The molecule has 2 nitrogen and oxygen atoms in total. The average Bonchev–Trinajstić information content (AvgIpc) is 2.97. The Labute approximate surface area is 98.2 Å². The fraction of sp³-hybridized carbons (Fsp3) is 0.917. The molecule has 3 atom stereocenters. The lowest BCUT2D eigenvalue weighted by atomic mass is 9.78. The zero-order valence-corrected chi connectivity index (χ0v) is 10.6. The Bertz CT molecular complexity index is 238. The van der Waals surface area contributed by atoms with Gasteiger partial charge in [0.15, 0.2) is 5.11 Å². The molecule has 0 radical (unpaired) electrons. The third-order valence-electron chi connectivity index (χ3n) is 3.94. The van der Waals surface area contributed by atoms with Crippen molar-refractivity contribution in [2.24, 2.45) is 11.8 Å². The molecular formula is C12H22N2S. The van der Waals surface area contributed by atoms with Gasteiger partial charge in [-0.25, -0.2) is 0 Å². The van der Waals surface area contributed by atoms with Gasteiger partial charge in [-0.05, 0) is 43.3 Å². The second-order valence-corrected chi connectivity index (χ2v) is 5.67. The van der Waals surface area contributed by atoms with E-state index in [1.165, 1.54) is 32.1 Å². The van der Waals surface area contributed by atoms with Crippen molar-refractivity contribution in [3.8, 4) is 0 Å². The number of hydrogen-bond donors (Lipinski definition) is 2. The molecule has 0 aromatic carbocycles. The Hall–Kier alpha value is -0.310. The molecule has 2 N–H and O–H groups in total. The first kappa shape index (κ1) is 11.2. The van der Waals surface area contributed by atoms with E-state index in [1.54, 1.807) is 0 Å². The summed E-state index contributed by atoms with van der Waals surface area (Å²) in [5.74, 6) is 1.58. The normalized spacial score (nSPS) is 36.0. The summed E-state index contributed by atoms with van der Waals surface area (Å²) >= 11 is 5.32. The van der Waals surface area contributed by atoms with E-state index in [0.29, 0.717) is 12.1 Å². The predicted octanol–water partition coefficient (Wildman–Crippen LogP) is 2.44. The van der Waals surface area contributed by atoms with Crippen LogP contribution in [0.4, 0.5) is 0 Å². The number of hydrogen-bond acceptors (Lipinski definition) is 1. The summed E-state index contributed by atoms with van der Waals surface area (Å²) < 4.78 is 0. The van der Waals surface area contributed by atoms with Crippen molar-refractivity contribution in [1.82, 2.24) is 10.6 Å². The third-order valence-corrected chi connectivity index (χ3v) is 4.17. The van der Waals surface area contributed by atoms with Gasteiger partial charge in [-0.3, -0.25) is 0 Å². The molecule has 2 saturated carbocycles. The molecule has 2 rings (SSSR count). The second kappa shape index (κ2) is 4.69. The van der Waals surface area contributed by atoms with Crippen molar-refractivity contribution in [3.63, 3.8) is 0 Å². The van der Waals surface area contributed by atoms with Crippen LogP contribution in [0, 0.1) is 11.8 Å². The highest BCUT2D eigenvalue weighted by molar-refractivity contribution is 7.80. The first-order chi connectivity index (χ1) is 7.16. The van der Waals surface area contributed by atoms with Crippen LogP contribution in [-0.2, 0) is 0 Å². The van der Waals surface area contributed by atoms with Crippen LogP contribution in [0.5, 0.6) is 0 Å². The van der Waals surface area contributed by atoms with Gasteiger partial charge in [-0.15, -0.1) is 0 Å². The van der Waals surface area contributed by atoms with Crippen LogP contribution in [0.3, 0.4) is 0 Å². The quantitative estimate of drug-likeness (QED) is 0.707. The molecule has 86 valence electrons. The van der Waals surface area contributed by atoms with E-state index in [0.717, 1.165) is 16.9 Å². The van der Waals surface area contributed by atoms with Crippen LogP contribution in [0.15, 0.2) is 0 Å². The van der Waals surface area contributed by atoms with Gasteiger partial charge in [0.2, 0.25) is 0 Å². The Morgan fingerprint density at radius 2 is 1.80 bits per heavy atom. The molecule has 0 aliphatic heterocycles. The van der Waals surface area contributed by atoms with Gasteiger partial charge >= 0.3 is 0 Å². The highest BCUT2D eigenvalue weighted by Gasteiger charge is 2.28. The predicted molar refractivity (Wildman–Crippen MR) is 67.9 cm³/mol. The minimum absolute atomic E-state index is 0.590. The molecule has 0 saturated heterocycles. The fourth-order valence-electron chi connectivity index (χ4n) is 2.41. The molecule has 3 heteroatoms. The van der Waals surface area contributed by atoms with Gasteiger partial charge in [0.25, 0.3) is 0 Å². The van der Waals surface area contributed by atoms with E-state index in [2.05, 4.69) is 24.5 Å². The van der Waals surface area contributed by atoms with Gasteiger partial charge in [-0.1, -0.05) is 26.7 Å². The summed E-state index contributed by atoms with van der Waals surface area (Å²) in [6.45, 7) is 4.71. The largest absolute Gasteiger partial charge is 0.360 e. The van der Waals surface area contributed by atoms with E-state index in [-0.39, 0.29) is 0 Å². The molecule has 3 unspecified atom stereocenters. The molecule has 15 heavy (non-hydrogen) atoms. The van der Waals surface area contributed by atoms with Crippen molar-refractivity contribution >= 4 is 17.3 Å². The second-order valence-electron chi connectivity index (χ2n) is 5.27. The lowest BCUT2D eigenvalue weighted by Gasteiger charge is -2.35. The van der Waals surface area contributed by atoms with Crippen LogP contribution in [0.1, 0.15) is 46.0 Å². The maximum Gasteiger partial charge on any atom is 0.166 e. The van der Waals surface area contributed by atoms with E-state index in [9.17, 15) is 0 Å². The molecule has 2 aliphatic carbocycles. The Morgan fingerprint density at radius 1 is 1.07 bits per heavy atom. The minimum Gasteiger partial charge on any atom is -0.360 e. The smallest absolute Gasteiger partial charge is 0.166 e. The molecule has 2 aliphatic rings. The highest BCUT2D eigenvalue weighted by Crippen LogP contribution is 2.29. The van der Waals surface area contributed by atoms with E-state index in [4.69, 9.17) is 12.2 Å². The fourth-order valence-corrected chi connectivity index (χ4v) is 2.73. The van der Waals surface area contributed by atoms with Crippen LogP contribution in [-0.4, -0.2) is 17.2 Å². The van der Waals surface area contributed by atoms with E-state index < -0.39 is 0 Å². The summed E-state index contributed by atoms with van der Waals surface area (Å²) in [7, 11) is 0. The van der Waals surface area contributed by atoms with E-state index in [1.807, 2.05) is 0 Å². The minimum atomic E-state index is 0.590. The topological polar surface area (TPSA) is 24.1 Å². The standard InChI is InChI=1S/C12H22N2S/c1-8-4-3-5-11(9(8)2)14-12(15)13-10-6-7-10/h8-11H,3-7H2,1-2H3,(H2,13,14,15). The zero-order chi connectivity index (χ0) is 10.8. The van der Waals surface area contributed by atoms with Crippen LogP contribution >= 0.6 is 12.2 Å². The molecule has 0 heterocycles. The first-order valence-corrected chi connectivity index (χ1v) is 6.64. The molecule has 0 amide bonds. The molecule has 0 aromatic heterocycles. The summed E-state index contributed by atoms with van der Waals surface area (Å²) in [5.41, 5.74) is 0. The summed E-state index contributed by atoms with van der Waals surface area (Å²) in [6, 6.07) is 1.26.